The first-order valence-electron chi connectivity index (χ1n) is 6.62. The van der Waals surface area contributed by atoms with Gasteiger partial charge in [-0.05, 0) is 11.6 Å². The Morgan fingerprint density at radius 3 is 2.80 bits per heavy atom. The third-order valence-electron chi connectivity index (χ3n) is 3.24. The third-order valence-corrected chi connectivity index (χ3v) is 3.24. The molecule has 0 spiro atoms. The standard InChI is InChI=1S/C15H16N4O/c20-15-14-6-7-17-19(14)11-10-18(15)9-8-16-12-13-4-2-1-3-5-13/h1-7,10-11,16H,8-9,12H2. The van der Waals surface area contributed by atoms with Crippen molar-refractivity contribution < 1.29 is 0 Å². The molecule has 102 valence electrons. The Kier molecular flexibility index (Phi) is 3.60. The molecule has 0 unspecified atom stereocenters. The number of aromatic nitrogens is 3. The number of hydrogen-bond acceptors (Lipinski definition) is 3. The van der Waals surface area contributed by atoms with E-state index in [0.717, 1.165) is 13.1 Å². The van der Waals surface area contributed by atoms with Crippen molar-refractivity contribution >= 4 is 5.52 Å². The molecule has 0 saturated carbocycles. The Morgan fingerprint density at radius 1 is 1.10 bits per heavy atom. The monoisotopic (exact) mass is 268 g/mol. The fraction of sp³-hybridized carbons (Fsp3) is 0.200. The number of fused-ring (bicyclic) bond motifs is 1. The Bertz CT molecular complexity index is 745. The Morgan fingerprint density at radius 2 is 1.95 bits per heavy atom. The van der Waals surface area contributed by atoms with Gasteiger partial charge in [-0.15, -0.1) is 0 Å². The minimum Gasteiger partial charge on any atom is -0.311 e. The average Bonchev–Trinajstić information content (AvgIpc) is 2.96. The van der Waals surface area contributed by atoms with Gasteiger partial charge in [0.15, 0.2) is 0 Å². The van der Waals surface area contributed by atoms with Crippen LogP contribution in [-0.2, 0) is 13.1 Å². The van der Waals surface area contributed by atoms with Crippen molar-refractivity contribution in [1.29, 1.82) is 0 Å². The first-order chi connectivity index (χ1) is 9.84. The van der Waals surface area contributed by atoms with Crippen LogP contribution in [-0.4, -0.2) is 20.7 Å². The highest BCUT2D eigenvalue weighted by molar-refractivity contribution is 5.42. The molecule has 1 aromatic carbocycles. The molecule has 0 aliphatic rings. The van der Waals surface area contributed by atoms with E-state index in [1.54, 1.807) is 33.7 Å². The lowest BCUT2D eigenvalue weighted by atomic mass is 10.2. The highest BCUT2D eigenvalue weighted by Gasteiger charge is 2.02. The zero-order valence-electron chi connectivity index (χ0n) is 11.1. The van der Waals surface area contributed by atoms with Crippen molar-refractivity contribution in [2.75, 3.05) is 6.54 Å². The van der Waals surface area contributed by atoms with Crippen LogP contribution in [0, 0.1) is 0 Å². The van der Waals surface area contributed by atoms with Crippen LogP contribution in [0.25, 0.3) is 5.52 Å². The second-order valence-corrected chi connectivity index (χ2v) is 4.62. The van der Waals surface area contributed by atoms with Crippen LogP contribution in [0.2, 0.25) is 0 Å². The molecule has 5 nitrogen and oxygen atoms in total. The summed E-state index contributed by atoms with van der Waals surface area (Å²) < 4.78 is 3.30. The molecule has 0 radical (unpaired) electrons. The zero-order valence-corrected chi connectivity index (χ0v) is 11.1. The minimum absolute atomic E-state index is 0.00786. The number of rotatable bonds is 5. The number of nitrogens with zero attached hydrogens (tertiary/aromatic N) is 3. The summed E-state index contributed by atoms with van der Waals surface area (Å²) in [5.74, 6) is 0. The average molecular weight is 268 g/mol. The van der Waals surface area contributed by atoms with Gasteiger partial charge in [0.1, 0.15) is 5.52 Å². The molecule has 0 aliphatic carbocycles. The van der Waals surface area contributed by atoms with E-state index < -0.39 is 0 Å². The zero-order chi connectivity index (χ0) is 13.8. The molecular weight excluding hydrogens is 252 g/mol. The number of benzene rings is 1. The second-order valence-electron chi connectivity index (χ2n) is 4.62. The van der Waals surface area contributed by atoms with Gasteiger partial charge in [-0.3, -0.25) is 4.79 Å². The Balaban J connectivity index is 1.60. The SMILES string of the molecule is O=c1c2ccnn2ccn1CCNCc1ccccc1. The lowest BCUT2D eigenvalue weighted by Crippen LogP contribution is -2.27. The molecule has 3 aromatic rings. The molecule has 3 rings (SSSR count). The summed E-state index contributed by atoms with van der Waals surface area (Å²) in [7, 11) is 0. The highest BCUT2D eigenvalue weighted by Crippen LogP contribution is 1.97. The maximum absolute atomic E-state index is 12.1. The van der Waals surface area contributed by atoms with Gasteiger partial charge in [0, 0.05) is 32.0 Å². The van der Waals surface area contributed by atoms with Gasteiger partial charge in [-0.2, -0.15) is 5.10 Å². The summed E-state index contributed by atoms with van der Waals surface area (Å²) >= 11 is 0. The van der Waals surface area contributed by atoms with Crippen LogP contribution in [0.3, 0.4) is 0 Å². The van der Waals surface area contributed by atoms with E-state index >= 15 is 0 Å². The van der Waals surface area contributed by atoms with Crippen molar-refractivity contribution in [2.24, 2.45) is 0 Å². The van der Waals surface area contributed by atoms with Crippen LogP contribution < -0.4 is 10.9 Å². The lowest BCUT2D eigenvalue weighted by molar-refractivity contribution is 0.583. The van der Waals surface area contributed by atoms with E-state index in [0.29, 0.717) is 12.1 Å². The fourth-order valence-corrected chi connectivity index (χ4v) is 2.17. The molecule has 0 aliphatic heterocycles. The van der Waals surface area contributed by atoms with Crippen LogP contribution >= 0.6 is 0 Å². The predicted molar refractivity (Wildman–Crippen MR) is 77.6 cm³/mol. The van der Waals surface area contributed by atoms with Crippen LogP contribution in [0.1, 0.15) is 5.56 Å². The normalized spacial score (nSPS) is 11.0. The van der Waals surface area contributed by atoms with Crippen molar-refractivity contribution in [3.05, 3.63) is 70.9 Å². The molecule has 0 fully saturated rings. The van der Waals surface area contributed by atoms with Crippen molar-refractivity contribution in [3.8, 4) is 0 Å². The van der Waals surface area contributed by atoms with Crippen LogP contribution in [0.15, 0.2) is 59.8 Å². The number of hydrogen-bond donors (Lipinski definition) is 1. The second kappa shape index (κ2) is 5.71. The van der Waals surface area contributed by atoms with E-state index in [1.165, 1.54) is 5.56 Å². The summed E-state index contributed by atoms with van der Waals surface area (Å²) in [4.78, 5) is 12.1. The van der Waals surface area contributed by atoms with Gasteiger partial charge in [-0.25, -0.2) is 4.52 Å². The molecule has 2 aromatic heterocycles. The highest BCUT2D eigenvalue weighted by atomic mass is 16.1. The Labute approximate surface area is 116 Å². The van der Waals surface area contributed by atoms with E-state index in [2.05, 4.69) is 22.5 Å². The molecular formula is C15H16N4O. The molecule has 2 heterocycles. The molecule has 0 bridgehead atoms. The Hall–Kier alpha value is -2.40. The van der Waals surface area contributed by atoms with Gasteiger partial charge in [0.05, 0.1) is 6.20 Å². The van der Waals surface area contributed by atoms with Gasteiger partial charge in [0.2, 0.25) is 0 Å². The van der Waals surface area contributed by atoms with Crippen molar-refractivity contribution in [1.82, 2.24) is 19.5 Å². The smallest absolute Gasteiger partial charge is 0.276 e. The number of nitrogens with one attached hydrogen (secondary N) is 1. The predicted octanol–water partition coefficient (Wildman–Crippen LogP) is 1.29. The van der Waals surface area contributed by atoms with Gasteiger partial charge in [0.25, 0.3) is 5.56 Å². The third kappa shape index (κ3) is 2.62. The van der Waals surface area contributed by atoms with E-state index in [1.807, 2.05) is 18.2 Å². The summed E-state index contributed by atoms with van der Waals surface area (Å²) in [6, 6.07) is 11.9. The van der Waals surface area contributed by atoms with E-state index in [9.17, 15) is 4.79 Å². The molecule has 0 amide bonds. The van der Waals surface area contributed by atoms with Gasteiger partial charge in [-0.1, -0.05) is 30.3 Å². The largest absolute Gasteiger partial charge is 0.311 e. The fourth-order valence-electron chi connectivity index (χ4n) is 2.17. The molecule has 0 atom stereocenters. The maximum Gasteiger partial charge on any atom is 0.276 e. The van der Waals surface area contributed by atoms with Crippen LogP contribution in [0.4, 0.5) is 0 Å². The lowest BCUT2D eigenvalue weighted by Gasteiger charge is -2.07. The topological polar surface area (TPSA) is 51.3 Å². The molecule has 5 heteroatoms. The molecule has 20 heavy (non-hydrogen) atoms. The summed E-state index contributed by atoms with van der Waals surface area (Å²) in [6.45, 7) is 2.21. The van der Waals surface area contributed by atoms with Crippen molar-refractivity contribution in [2.45, 2.75) is 13.1 Å². The summed E-state index contributed by atoms with van der Waals surface area (Å²) in [5.41, 5.74) is 1.84. The van der Waals surface area contributed by atoms with E-state index in [4.69, 9.17) is 0 Å². The van der Waals surface area contributed by atoms with Gasteiger partial charge < -0.3 is 9.88 Å². The summed E-state index contributed by atoms with van der Waals surface area (Å²) in [6.07, 6.45) is 5.20. The van der Waals surface area contributed by atoms with E-state index in [-0.39, 0.29) is 5.56 Å². The first-order valence-corrected chi connectivity index (χ1v) is 6.62. The summed E-state index contributed by atoms with van der Waals surface area (Å²) in [5, 5.41) is 7.38. The van der Waals surface area contributed by atoms with Gasteiger partial charge >= 0.3 is 0 Å². The maximum atomic E-state index is 12.1. The molecule has 0 saturated heterocycles. The van der Waals surface area contributed by atoms with Crippen LogP contribution in [0.5, 0.6) is 0 Å². The minimum atomic E-state index is -0.00786. The first kappa shape index (κ1) is 12.6. The van der Waals surface area contributed by atoms with Crippen molar-refractivity contribution in [3.63, 3.8) is 0 Å². The quantitative estimate of drug-likeness (QED) is 0.709. The molecule has 1 N–H and O–H groups in total.